The molecule has 0 bridgehead atoms. The lowest BCUT2D eigenvalue weighted by atomic mass is 9.86. The number of benzene rings is 3. The molecule has 0 radical (unpaired) electrons. The predicted octanol–water partition coefficient (Wildman–Crippen LogP) is 6.63. The quantitative estimate of drug-likeness (QED) is 0.507. The van der Waals surface area contributed by atoms with Gasteiger partial charge in [-0.1, -0.05) is 80.6 Å². The summed E-state index contributed by atoms with van der Waals surface area (Å²) in [4.78, 5) is 0. The SMILES string of the molecule is CCC(C)c1ccc(-c2ccc(-c3ccc4c(c3)CC4)cc2)cc1. The van der Waals surface area contributed by atoms with Crippen LogP contribution in [0.4, 0.5) is 0 Å². The summed E-state index contributed by atoms with van der Waals surface area (Å²) in [5.41, 5.74) is 9.72. The predicted molar refractivity (Wildman–Crippen MR) is 103 cm³/mol. The Labute approximate surface area is 145 Å². The minimum Gasteiger partial charge on any atom is -0.0648 e. The van der Waals surface area contributed by atoms with E-state index in [2.05, 4.69) is 80.6 Å². The highest BCUT2D eigenvalue weighted by Crippen LogP contribution is 2.30. The normalized spacial score (nSPS) is 13.9. The van der Waals surface area contributed by atoms with Crippen LogP contribution in [0.5, 0.6) is 0 Å². The maximum atomic E-state index is 2.36. The van der Waals surface area contributed by atoms with Gasteiger partial charge in [-0.05, 0) is 64.1 Å². The molecular weight excluding hydrogens is 288 g/mol. The number of hydrogen-bond acceptors (Lipinski definition) is 0. The lowest BCUT2D eigenvalue weighted by Gasteiger charge is -2.19. The molecule has 0 saturated heterocycles. The number of aryl methyl sites for hydroxylation is 2. The summed E-state index contributed by atoms with van der Waals surface area (Å²) >= 11 is 0. The molecule has 0 aliphatic heterocycles. The lowest BCUT2D eigenvalue weighted by Crippen LogP contribution is -2.07. The smallest absolute Gasteiger partial charge is 0.0181 e. The van der Waals surface area contributed by atoms with E-state index >= 15 is 0 Å². The van der Waals surface area contributed by atoms with Gasteiger partial charge in [0.05, 0.1) is 0 Å². The molecule has 0 nitrogen and oxygen atoms in total. The second-order valence-electron chi connectivity index (χ2n) is 6.99. The number of rotatable bonds is 4. The molecular formula is C24H24. The molecule has 0 aromatic heterocycles. The van der Waals surface area contributed by atoms with Crippen molar-refractivity contribution in [2.45, 2.75) is 39.0 Å². The van der Waals surface area contributed by atoms with Crippen molar-refractivity contribution in [1.82, 2.24) is 0 Å². The molecule has 0 N–H and O–H groups in total. The van der Waals surface area contributed by atoms with Crippen LogP contribution >= 0.6 is 0 Å². The van der Waals surface area contributed by atoms with Gasteiger partial charge >= 0.3 is 0 Å². The third kappa shape index (κ3) is 2.78. The molecule has 0 heteroatoms. The van der Waals surface area contributed by atoms with Crippen molar-refractivity contribution >= 4 is 0 Å². The van der Waals surface area contributed by atoms with Gasteiger partial charge < -0.3 is 0 Å². The first kappa shape index (κ1) is 15.2. The van der Waals surface area contributed by atoms with E-state index in [4.69, 9.17) is 0 Å². The number of hydrogen-bond donors (Lipinski definition) is 0. The van der Waals surface area contributed by atoms with E-state index in [-0.39, 0.29) is 0 Å². The molecule has 0 heterocycles. The fourth-order valence-corrected chi connectivity index (χ4v) is 3.47. The van der Waals surface area contributed by atoms with Crippen LogP contribution in [0.25, 0.3) is 22.3 Å². The van der Waals surface area contributed by atoms with Gasteiger partial charge in [0, 0.05) is 0 Å². The van der Waals surface area contributed by atoms with Gasteiger partial charge in [0.25, 0.3) is 0 Å². The third-order valence-electron chi connectivity index (χ3n) is 5.51. The highest BCUT2D eigenvalue weighted by atomic mass is 14.2. The van der Waals surface area contributed by atoms with Crippen LogP contribution in [0.3, 0.4) is 0 Å². The van der Waals surface area contributed by atoms with E-state index in [1.165, 1.54) is 58.2 Å². The van der Waals surface area contributed by atoms with Crippen LogP contribution in [0.15, 0.2) is 66.7 Å². The average Bonchev–Trinajstić information content (AvgIpc) is 2.62. The first-order chi connectivity index (χ1) is 11.7. The molecule has 24 heavy (non-hydrogen) atoms. The van der Waals surface area contributed by atoms with Crippen LogP contribution in [0.2, 0.25) is 0 Å². The van der Waals surface area contributed by atoms with Gasteiger partial charge in [0.1, 0.15) is 0 Å². The minimum atomic E-state index is 0.636. The molecule has 0 saturated carbocycles. The number of fused-ring (bicyclic) bond motifs is 1. The monoisotopic (exact) mass is 312 g/mol. The second-order valence-corrected chi connectivity index (χ2v) is 6.99. The minimum absolute atomic E-state index is 0.636. The summed E-state index contributed by atoms with van der Waals surface area (Å²) in [5.74, 6) is 0.636. The summed E-state index contributed by atoms with van der Waals surface area (Å²) in [6.45, 7) is 4.53. The van der Waals surface area contributed by atoms with E-state index in [0.717, 1.165) is 0 Å². The van der Waals surface area contributed by atoms with Crippen molar-refractivity contribution in [3.8, 4) is 22.3 Å². The molecule has 120 valence electrons. The van der Waals surface area contributed by atoms with Crippen molar-refractivity contribution in [3.05, 3.63) is 83.4 Å². The van der Waals surface area contributed by atoms with Crippen LogP contribution in [0.1, 0.15) is 42.9 Å². The van der Waals surface area contributed by atoms with Gasteiger partial charge in [0.15, 0.2) is 0 Å². The van der Waals surface area contributed by atoms with Crippen molar-refractivity contribution in [2.75, 3.05) is 0 Å². The lowest BCUT2D eigenvalue weighted by molar-refractivity contribution is 0.734. The van der Waals surface area contributed by atoms with Crippen molar-refractivity contribution < 1.29 is 0 Å². The van der Waals surface area contributed by atoms with Gasteiger partial charge in [0.2, 0.25) is 0 Å². The van der Waals surface area contributed by atoms with Crippen molar-refractivity contribution in [3.63, 3.8) is 0 Å². The summed E-state index contributed by atoms with van der Waals surface area (Å²) in [6, 6.07) is 24.9. The Bertz CT molecular complexity index is 838. The zero-order valence-corrected chi connectivity index (χ0v) is 14.5. The average molecular weight is 312 g/mol. The Morgan fingerprint density at radius 1 is 0.667 bits per heavy atom. The summed E-state index contributed by atoms with van der Waals surface area (Å²) in [7, 11) is 0. The van der Waals surface area contributed by atoms with Crippen LogP contribution in [-0.4, -0.2) is 0 Å². The summed E-state index contributed by atoms with van der Waals surface area (Å²) < 4.78 is 0. The molecule has 1 aliphatic carbocycles. The fraction of sp³-hybridized carbons (Fsp3) is 0.250. The van der Waals surface area contributed by atoms with Gasteiger partial charge in [-0.3, -0.25) is 0 Å². The Kier molecular flexibility index (Phi) is 3.98. The molecule has 0 fully saturated rings. The molecule has 1 atom stereocenters. The standard InChI is InChI=1S/C24H24/c1-3-17(2)18-4-6-19(7-5-18)20-8-10-21(11-9-20)23-14-12-22-13-15-24(22)16-23/h4-12,14,16-17H,3,13,15H2,1-2H3. The van der Waals surface area contributed by atoms with Gasteiger partial charge in [-0.15, -0.1) is 0 Å². The van der Waals surface area contributed by atoms with E-state index in [9.17, 15) is 0 Å². The largest absolute Gasteiger partial charge is 0.0648 e. The Balaban J connectivity index is 1.58. The second kappa shape index (κ2) is 6.28. The zero-order chi connectivity index (χ0) is 16.5. The molecule has 3 aromatic rings. The van der Waals surface area contributed by atoms with E-state index in [0.29, 0.717) is 5.92 Å². The van der Waals surface area contributed by atoms with E-state index in [1.807, 2.05) is 0 Å². The highest BCUT2D eigenvalue weighted by Gasteiger charge is 2.13. The Morgan fingerprint density at radius 3 is 1.67 bits per heavy atom. The van der Waals surface area contributed by atoms with Crippen LogP contribution < -0.4 is 0 Å². The summed E-state index contributed by atoms with van der Waals surface area (Å²) in [6.07, 6.45) is 3.68. The molecule has 3 aromatic carbocycles. The van der Waals surface area contributed by atoms with Crippen LogP contribution in [0, 0.1) is 0 Å². The summed E-state index contributed by atoms with van der Waals surface area (Å²) in [5, 5.41) is 0. The maximum Gasteiger partial charge on any atom is -0.0181 e. The molecule has 0 spiro atoms. The van der Waals surface area contributed by atoms with E-state index < -0.39 is 0 Å². The fourth-order valence-electron chi connectivity index (χ4n) is 3.47. The van der Waals surface area contributed by atoms with E-state index in [1.54, 1.807) is 0 Å². The molecule has 1 aliphatic rings. The molecule has 1 unspecified atom stereocenters. The van der Waals surface area contributed by atoms with Crippen molar-refractivity contribution in [1.29, 1.82) is 0 Å². The van der Waals surface area contributed by atoms with Gasteiger partial charge in [-0.2, -0.15) is 0 Å². The Morgan fingerprint density at radius 2 is 1.17 bits per heavy atom. The molecule has 4 rings (SSSR count). The topological polar surface area (TPSA) is 0 Å². The Hall–Kier alpha value is -2.34. The molecule has 0 amide bonds. The van der Waals surface area contributed by atoms with Crippen LogP contribution in [-0.2, 0) is 12.8 Å². The maximum absolute atomic E-state index is 2.36. The van der Waals surface area contributed by atoms with Crippen molar-refractivity contribution in [2.24, 2.45) is 0 Å². The van der Waals surface area contributed by atoms with Gasteiger partial charge in [-0.25, -0.2) is 0 Å². The first-order valence-corrected chi connectivity index (χ1v) is 9.07. The first-order valence-electron chi connectivity index (χ1n) is 9.07. The zero-order valence-electron chi connectivity index (χ0n) is 14.5. The highest BCUT2D eigenvalue weighted by molar-refractivity contribution is 5.71. The third-order valence-corrected chi connectivity index (χ3v) is 5.51.